The van der Waals surface area contributed by atoms with Crippen LogP contribution in [0.3, 0.4) is 0 Å². The molecular formula is C21H28N6O2. The standard InChI is InChI=1S/C21H28N6O2/c1-14-12-22-10-5-11-27(14)20-24-13-23-19(25-20)17-15-6-4-9-21(18(15)26-29-17)8-3-2-7-16(21)28/h13-14,22H,2-12H2,1H3/t14-,21+/m0/s1. The van der Waals surface area contributed by atoms with Crippen LogP contribution in [-0.2, 0) is 16.6 Å². The van der Waals surface area contributed by atoms with Crippen molar-refractivity contribution < 1.29 is 9.32 Å². The zero-order valence-corrected chi connectivity index (χ0v) is 17.0. The highest BCUT2D eigenvalue weighted by Gasteiger charge is 2.47. The molecule has 2 aromatic heterocycles. The summed E-state index contributed by atoms with van der Waals surface area (Å²) in [5.41, 5.74) is 1.42. The van der Waals surface area contributed by atoms with E-state index in [1.54, 1.807) is 6.33 Å². The minimum absolute atomic E-state index is 0.305. The third-order valence-electron chi connectivity index (χ3n) is 6.81. The van der Waals surface area contributed by atoms with Crippen LogP contribution >= 0.6 is 0 Å². The predicted molar refractivity (Wildman–Crippen MR) is 108 cm³/mol. The molecule has 5 rings (SSSR count). The minimum atomic E-state index is -0.450. The number of anilines is 1. The van der Waals surface area contributed by atoms with Gasteiger partial charge in [0.05, 0.1) is 5.41 Å². The summed E-state index contributed by atoms with van der Waals surface area (Å²) in [7, 11) is 0. The molecule has 0 unspecified atom stereocenters. The maximum Gasteiger partial charge on any atom is 0.229 e. The Balaban J connectivity index is 1.52. The van der Waals surface area contributed by atoms with Gasteiger partial charge in [0.15, 0.2) is 0 Å². The van der Waals surface area contributed by atoms with Gasteiger partial charge in [0.1, 0.15) is 17.8 Å². The van der Waals surface area contributed by atoms with E-state index in [-0.39, 0.29) is 0 Å². The third kappa shape index (κ3) is 3.13. The Morgan fingerprint density at radius 3 is 2.97 bits per heavy atom. The molecule has 8 nitrogen and oxygen atoms in total. The van der Waals surface area contributed by atoms with Crippen molar-refractivity contribution in [3.8, 4) is 11.6 Å². The summed E-state index contributed by atoms with van der Waals surface area (Å²) in [5, 5.41) is 7.86. The highest BCUT2D eigenvalue weighted by molar-refractivity contribution is 5.91. The van der Waals surface area contributed by atoms with Crippen LogP contribution in [0.1, 0.15) is 63.1 Å². The van der Waals surface area contributed by atoms with Crippen molar-refractivity contribution in [1.82, 2.24) is 25.4 Å². The SMILES string of the molecule is C[C@H]1CNCCCN1c1ncnc(-c2onc3c2CCC[C@@]32CCCCC2=O)n1. The Bertz CT molecular complexity index is 912. The molecule has 0 bridgehead atoms. The molecule has 1 N–H and O–H groups in total. The van der Waals surface area contributed by atoms with E-state index in [2.05, 4.69) is 32.3 Å². The molecule has 3 aliphatic rings. The van der Waals surface area contributed by atoms with Gasteiger partial charge in [-0.15, -0.1) is 0 Å². The maximum atomic E-state index is 12.9. The van der Waals surface area contributed by atoms with E-state index < -0.39 is 5.41 Å². The molecule has 154 valence electrons. The monoisotopic (exact) mass is 396 g/mol. The first-order valence-corrected chi connectivity index (χ1v) is 10.9. The Hall–Kier alpha value is -2.35. The first-order valence-electron chi connectivity index (χ1n) is 10.9. The van der Waals surface area contributed by atoms with E-state index in [0.29, 0.717) is 35.8 Å². The average molecular weight is 396 g/mol. The molecule has 2 fully saturated rings. The average Bonchev–Trinajstić information content (AvgIpc) is 3.07. The number of carbonyl (C=O) groups is 1. The van der Waals surface area contributed by atoms with E-state index >= 15 is 0 Å². The van der Waals surface area contributed by atoms with Gasteiger partial charge in [-0.25, -0.2) is 9.97 Å². The lowest BCUT2D eigenvalue weighted by atomic mass is 9.64. The van der Waals surface area contributed by atoms with Crippen LogP contribution in [-0.4, -0.2) is 51.6 Å². The minimum Gasteiger partial charge on any atom is -0.352 e. The quantitative estimate of drug-likeness (QED) is 0.827. The van der Waals surface area contributed by atoms with Crippen LogP contribution in [0.2, 0.25) is 0 Å². The Kier molecular flexibility index (Phi) is 4.81. The number of rotatable bonds is 2. The van der Waals surface area contributed by atoms with E-state index in [1.807, 2.05) is 0 Å². The summed E-state index contributed by atoms with van der Waals surface area (Å²) in [5.74, 6) is 2.14. The Morgan fingerprint density at radius 1 is 1.17 bits per heavy atom. The molecule has 1 saturated heterocycles. The fourth-order valence-electron chi connectivity index (χ4n) is 5.23. The molecular weight excluding hydrogens is 368 g/mol. The lowest BCUT2D eigenvalue weighted by Crippen LogP contribution is -2.41. The van der Waals surface area contributed by atoms with Gasteiger partial charge in [0.2, 0.25) is 17.5 Å². The summed E-state index contributed by atoms with van der Waals surface area (Å²) in [6.45, 7) is 4.99. The summed E-state index contributed by atoms with van der Waals surface area (Å²) in [6, 6.07) is 0.305. The van der Waals surface area contributed by atoms with Crippen molar-refractivity contribution >= 4 is 11.7 Å². The maximum absolute atomic E-state index is 12.9. The number of ketones is 1. The van der Waals surface area contributed by atoms with Crippen LogP contribution < -0.4 is 10.2 Å². The van der Waals surface area contributed by atoms with Crippen LogP contribution in [0.25, 0.3) is 11.6 Å². The van der Waals surface area contributed by atoms with Crippen LogP contribution in [0.15, 0.2) is 10.9 Å². The van der Waals surface area contributed by atoms with E-state index in [0.717, 1.165) is 75.8 Å². The van der Waals surface area contributed by atoms with Gasteiger partial charge in [0, 0.05) is 31.1 Å². The first kappa shape index (κ1) is 18.7. The van der Waals surface area contributed by atoms with Crippen molar-refractivity contribution in [2.24, 2.45) is 0 Å². The van der Waals surface area contributed by atoms with Gasteiger partial charge >= 0.3 is 0 Å². The number of aromatic nitrogens is 4. The van der Waals surface area contributed by atoms with Crippen LogP contribution in [0.4, 0.5) is 5.95 Å². The van der Waals surface area contributed by atoms with Crippen molar-refractivity contribution in [3.05, 3.63) is 17.6 Å². The first-order chi connectivity index (χ1) is 14.2. The van der Waals surface area contributed by atoms with Gasteiger partial charge in [-0.3, -0.25) is 4.79 Å². The molecule has 3 heterocycles. The molecule has 8 heteroatoms. The molecule has 1 saturated carbocycles. The second-order valence-corrected chi connectivity index (χ2v) is 8.61. The second kappa shape index (κ2) is 7.48. The molecule has 29 heavy (non-hydrogen) atoms. The highest BCUT2D eigenvalue weighted by atomic mass is 16.5. The number of carbonyl (C=O) groups excluding carboxylic acids is 1. The van der Waals surface area contributed by atoms with Gasteiger partial charge in [-0.05, 0) is 52.0 Å². The number of nitrogens with one attached hydrogen (secondary N) is 1. The fourth-order valence-corrected chi connectivity index (χ4v) is 5.23. The Labute approximate surface area is 170 Å². The summed E-state index contributed by atoms with van der Waals surface area (Å²) >= 11 is 0. The number of fused-ring (bicyclic) bond motifs is 2. The van der Waals surface area contributed by atoms with Crippen molar-refractivity contribution in [1.29, 1.82) is 0 Å². The van der Waals surface area contributed by atoms with E-state index in [1.165, 1.54) is 0 Å². The summed E-state index contributed by atoms with van der Waals surface area (Å²) in [6.07, 6.45) is 8.91. The molecule has 0 aromatic carbocycles. The van der Waals surface area contributed by atoms with Crippen molar-refractivity contribution in [2.45, 2.75) is 69.7 Å². The molecule has 2 atom stereocenters. The van der Waals surface area contributed by atoms with Crippen LogP contribution in [0.5, 0.6) is 0 Å². The normalized spacial score (nSPS) is 27.7. The number of nitrogens with zero attached hydrogens (tertiary/aromatic N) is 5. The smallest absolute Gasteiger partial charge is 0.229 e. The topological polar surface area (TPSA) is 97.0 Å². The van der Waals surface area contributed by atoms with Crippen molar-refractivity contribution in [2.75, 3.05) is 24.5 Å². The zero-order valence-electron chi connectivity index (χ0n) is 17.0. The summed E-state index contributed by atoms with van der Waals surface area (Å²) < 4.78 is 5.79. The van der Waals surface area contributed by atoms with E-state index in [4.69, 9.17) is 9.51 Å². The molecule has 2 aliphatic carbocycles. The van der Waals surface area contributed by atoms with Gasteiger partial charge in [0.25, 0.3) is 0 Å². The lowest BCUT2D eigenvalue weighted by molar-refractivity contribution is -0.127. The second-order valence-electron chi connectivity index (χ2n) is 8.61. The zero-order chi connectivity index (χ0) is 19.8. The molecule has 0 amide bonds. The number of hydrogen-bond donors (Lipinski definition) is 1. The Morgan fingerprint density at radius 2 is 2.07 bits per heavy atom. The van der Waals surface area contributed by atoms with Gasteiger partial charge < -0.3 is 14.7 Å². The fraction of sp³-hybridized carbons (Fsp3) is 0.667. The molecule has 1 aliphatic heterocycles. The van der Waals surface area contributed by atoms with Gasteiger partial charge in [-0.2, -0.15) is 4.98 Å². The van der Waals surface area contributed by atoms with E-state index in [9.17, 15) is 4.79 Å². The van der Waals surface area contributed by atoms with Crippen molar-refractivity contribution in [3.63, 3.8) is 0 Å². The summed E-state index contributed by atoms with van der Waals surface area (Å²) in [4.78, 5) is 28.7. The predicted octanol–water partition coefficient (Wildman–Crippen LogP) is 2.43. The van der Waals surface area contributed by atoms with Crippen LogP contribution in [0, 0.1) is 0 Å². The lowest BCUT2D eigenvalue weighted by Gasteiger charge is -2.37. The molecule has 0 radical (unpaired) electrons. The number of hydrogen-bond acceptors (Lipinski definition) is 8. The van der Waals surface area contributed by atoms with Gasteiger partial charge in [-0.1, -0.05) is 11.6 Å². The highest BCUT2D eigenvalue weighted by Crippen LogP contribution is 2.46. The molecule has 2 aromatic rings. The third-order valence-corrected chi connectivity index (χ3v) is 6.81. The molecule has 1 spiro atoms. The number of Topliss-reactive ketones (excluding diaryl/α,β-unsaturated/α-hetero) is 1. The largest absolute Gasteiger partial charge is 0.352 e.